The molecule has 1 aromatic carbocycles. The zero-order valence-corrected chi connectivity index (χ0v) is 11.5. The number of fused-ring (bicyclic) bond motifs is 1. The zero-order chi connectivity index (χ0) is 14.1. The Kier molecular flexibility index (Phi) is 3.02. The molecule has 1 aliphatic heterocycles. The standard InChI is InChI=1S/C15H16N4O/c1-10-7-11(3-4-14(10)20)18-15-12-8-19(2)6-5-13(12)16-9-17-15/h3-7,9,20H,8H2,1-2H3,(H,16,17,18). The van der Waals surface area contributed by atoms with Crippen LogP contribution in [0, 0.1) is 6.92 Å². The maximum Gasteiger partial charge on any atom is 0.139 e. The van der Waals surface area contributed by atoms with Crippen molar-refractivity contribution in [3.05, 3.63) is 47.5 Å². The Labute approximate surface area is 117 Å². The lowest BCUT2D eigenvalue weighted by atomic mass is 10.1. The molecule has 2 aromatic rings. The molecule has 0 radical (unpaired) electrons. The first-order valence-electron chi connectivity index (χ1n) is 6.42. The monoisotopic (exact) mass is 268 g/mol. The van der Waals surface area contributed by atoms with Crippen LogP contribution in [-0.2, 0) is 6.54 Å². The first kappa shape index (κ1) is 12.5. The average molecular weight is 268 g/mol. The Morgan fingerprint density at radius 3 is 2.95 bits per heavy atom. The van der Waals surface area contributed by atoms with Crippen molar-refractivity contribution in [1.82, 2.24) is 14.9 Å². The van der Waals surface area contributed by atoms with Gasteiger partial charge in [0.2, 0.25) is 0 Å². The van der Waals surface area contributed by atoms with Crippen LogP contribution in [0.4, 0.5) is 11.5 Å². The molecule has 1 aromatic heterocycles. The predicted molar refractivity (Wildman–Crippen MR) is 78.7 cm³/mol. The Hall–Kier alpha value is -2.56. The number of benzene rings is 1. The second-order valence-corrected chi connectivity index (χ2v) is 4.94. The van der Waals surface area contributed by atoms with Crippen LogP contribution < -0.4 is 5.32 Å². The molecule has 5 nitrogen and oxygen atoms in total. The molecule has 1 aliphatic rings. The van der Waals surface area contributed by atoms with Crippen molar-refractivity contribution in [3.8, 4) is 5.75 Å². The summed E-state index contributed by atoms with van der Waals surface area (Å²) in [7, 11) is 2.01. The zero-order valence-electron chi connectivity index (χ0n) is 11.5. The molecule has 0 unspecified atom stereocenters. The summed E-state index contributed by atoms with van der Waals surface area (Å²) in [6, 6.07) is 5.41. The van der Waals surface area contributed by atoms with Crippen molar-refractivity contribution in [3.63, 3.8) is 0 Å². The first-order chi connectivity index (χ1) is 9.63. The number of nitrogens with one attached hydrogen (secondary N) is 1. The average Bonchev–Trinajstić information content (AvgIpc) is 2.44. The molecule has 3 rings (SSSR count). The van der Waals surface area contributed by atoms with Gasteiger partial charge in [-0.05, 0) is 36.8 Å². The van der Waals surface area contributed by atoms with Crippen LogP contribution in [0.5, 0.6) is 5.75 Å². The first-order valence-corrected chi connectivity index (χ1v) is 6.42. The minimum absolute atomic E-state index is 0.294. The molecule has 0 amide bonds. The van der Waals surface area contributed by atoms with Gasteiger partial charge >= 0.3 is 0 Å². The van der Waals surface area contributed by atoms with Gasteiger partial charge in [-0.3, -0.25) is 0 Å². The lowest BCUT2D eigenvalue weighted by molar-refractivity contribution is 0.446. The van der Waals surface area contributed by atoms with Gasteiger partial charge in [-0.2, -0.15) is 0 Å². The van der Waals surface area contributed by atoms with E-state index in [4.69, 9.17) is 0 Å². The van der Waals surface area contributed by atoms with E-state index in [9.17, 15) is 5.11 Å². The van der Waals surface area contributed by atoms with Crippen LogP contribution in [-0.4, -0.2) is 27.0 Å². The highest BCUT2D eigenvalue weighted by Crippen LogP contribution is 2.27. The SMILES string of the molecule is Cc1cc(Nc2ncnc3c2CN(C)C=C3)ccc1O. The van der Waals surface area contributed by atoms with Gasteiger partial charge in [0.15, 0.2) is 0 Å². The van der Waals surface area contributed by atoms with E-state index < -0.39 is 0 Å². The van der Waals surface area contributed by atoms with E-state index in [0.29, 0.717) is 5.75 Å². The highest BCUT2D eigenvalue weighted by Gasteiger charge is 2.14. The quantitative estimate of drug-likeness (QED) is 0.820. The van der Waals surface area contributed by atoms with Gasteiger partial charge in [0.05, 0.1) is 5.69 Å². The Balaban J connectivity index is 1.95. The summed E-state index contributed by atoms with van der Waals surface area (Å²) in [6.45, 7) is 2.64. The van der Waals surface area contributed by atoms with Crippen molar-refractivity contribution in [2.45, 2.75) is 13.5 Å². The van der Waals surface area contributed by atoms with E-state index in [1.165, 1.54) is 0 Å². The van der Waals surface area contributed by atoms with Gasteiger partial charge < -0.3 is 15.3 Å². The second-order valence-electron chi connectivity index (χ2n) is 4.94. The van der Waals surface area contributed by atoms with E-state index in [2.05, 4.69) is 20.2 Å². The number of phenols is 1. The van der Waals surface area contributed by atoms with Crippen molar-refractivity contribution < 1.29 is 5.11 Å². The van der Waals surface area contributed by atoms with Crippen molar-refractivity contribution in [1.29, 1.82) is 0 Å². The number of phenolic OH excluding ortho intramolecular Hbond substituents is 1. The van der Waals surface area contributed by atoms with Crippen LogP contribution in [0.1, 0.15) is 16.8 Å². The molecule has 102 valence electrons. The molecule has 0 saturated heterocycles. The molecule has 0 saturated carbocycles. The lowest BCUT2D eigenvalue weighted by Gasteiger charge is -2.22. The van der Waals surface area contributed by atoms with Gasteiger partial charge in [0.1, 0.15) is 17.9 Å². The fourth-order valence-electron chi connectivity index (χ4n) is 2.20. The molecular weight excluding hydrogens is 252 g/mol. The number of hydrogen-bond donors (Lipinski definition) is 2. The minimum Gasteiger partial charge on any atom is -0.508 e. The van der Waals surface area contributed by atoms with Gasteiger partial charge in [-0.1, -0.05) is 0 Å². The van der Waals surface area contributed by atoms with Crippen molar-refractivity contribution in [2.75, 3.05) is 12.4 Å². The number of nitrogens with zero attached hydrogens (tertiary/aromatic N) is 3. The van der Waals surface area contributed by atoms with Gasteiger partial charge in [-0.25, -0.2) is 9.97 Å². The molecule has 0 aliphatic carbocycles. The van der Waals surface area contributed by atoms with Crippen molar-refractivity contribution in [2.24, 2.45) is 0 Å². The molecule has 5 heteroatoms. The summed E-state index contributed by atoms with van der Waals surface area (Å²) in [5, 5.41) is 12.9. The Morgan fingerprint density at radius 1 is 1.30 bits per heavy atom. The smallest absolute Gasteiger partial charge is 0.139 e. The Bertz CT molecular complexity index is 682. The largest absolute Gasteiger partial charge is 0.508 e. The minimum atomic E-state index is 0.294. The van der Waals surface area contributed by atoms with Crippen LogP contribution >= 0.6 is 0 Å². The van der Waals surface area contributed by atoms with E-state index in [1.54, 1.807) is 12.4 Å². The fraction of sp³-hybridized carbons (Fsp3) is 0.200. The molecule has 0 atom stereocenters. The van der Waals surface area contributed by atoms with Crippen LogP contribution in [0.2, 0.25) is 0 Å². The predicted octanol–water partition coefficient (Wildman–Crippen LogP) is 2.65. The van der Waals surface area contributed by atoms with E-state index in [0.717, 1.165) is 34.9 Å². The van der Waals surface area contributed by atoms with Crippen LogP contribution in [0.25, 0.3) is 6.08 Å². The summed E-state index contributed by atoms with van der Waals surface area (Å²) in [5.41, 5.74) is 3.74. The fourth-order valence-corrected chi connectivity index (χ4v) is 2.20. The highest BCUT2D eigenvalue weighted by molar-refractivity contribution is 5.66. The molecular formula is C15H16N4O. The number of aromatic hydroxyl groups is 1. The summed E-state index contributed by atoms with van der Waals surface area (Å²) >= 11 is 0. The molecule has 2 heterocycles. The van der Waals surface area contributed by atoms with Gasteiger partial charge in [0.25, 0.3) is 0 Å². The van der Waals surface area contributed by atoms with E-state index in [-0.39, 0.29) is 0 Å². The van der Waals surface area contributed by atoms with Gasteiger partial charge in [0, 0.05) is 31.0 Å². The maximum absolute atomic E-state index is 9.57. The molecule has 0 spiro atoms. The number of aryl methyl sites for hydroxylation is 1. The highest BCUT2D eigenvalue weighted by atomic mass is 16.3. The number of hydrogen-bond acceptors (Lipinski definition) is 5. The third kappa shape index (κ3) is 2.30. The molecule has 0 fully saturated rings. The summed E-state index contributed by atoms with van der Waals surface area (Å²) in [4.78, 5) is 10.7. The van der Waals surface area contributed by atoms with Crippen molar-refractivity contribution >= 4 is 17.6 Å². The van der Waals surface area contributed by atoms with Gasteiger partial charge in [-0.15, -0.1) is 0 Å². The maximum atomic E-state index is 9.57. The summed E-state index contributed by atoms with van der Waals surface area (Å²) in [5.74, 6) is 1.10. The Morgan fingerprint density at radius 2 is 2.15 bits per heavy atom. The van der Waals surface area contributed by atoms with E-state index in [1.807, 2.05) is 38.4 Å². The van der Waals surface area contributed by atoms with Crippen LogP contribution in [0.15, 0.2) is 30.7 Å². The third-order valence-corrected chi connectivity index (χ3v) is 3.33. The molecule has 2 N–H and O–H groups in total. The lowest BCUT2D eigenvalue weighted by Crippen LogP contribution is -2.17. The number of aromatic nitrogens is 2. The summed E-state index contributed by atoms with van der Waals surface area (Å²) in [6.07, 6.45) is 5.54. The molecule has 20 heavy (non-hydrogen) atoms. The topological polar surface area (TPSA) is 61.3 Å². The number of anilines is 2. The second kappa shape index (κ2) is 4.85. The summed E-state index contributed by atoms with van der Waals surface area (Å²) < 4.78 is 0. The normalized spacial score (nSPS) is 13.2. The van der Waals surface area contributed by atoms with Crippen LogP contribution in [0.3, 0.4) is 0 Å². The third-order valence-electron chi connectivity index (χ3n) is 3.33. The molecule has 0 bridgehead atoms. The van der Waals surface area contributed by atoms with E-state index >= 15 is 0 Å². The number of rotatable bonds is 2.